The fraction of sp³-hybridized carbons (Fsp3) is 0.455. The minimum Gasteiger partial charge on any atom is -0.389 e. The van der Waals surface area contributed by atoms with Gasteiger partial charge in [0.05, 0.1) is 28.5 Å². The van der Waals surface area contributed by atoms with Gasteiger partial charge in [0.2, 0.25) is 5.91 Å². The standard InChI is InChI=1S/C22H28N4O6S3/c1-35(29,30,17-6-7-17)16-4-2-14(3-5-16)20(26-32-15-8-10-31-13-15)21(28)25-22-24-12-19(34-22)33-11-9-18(23)27/h2-5,12,15,17H,6-11,13H2,1H3,(H2,23,27)(H,29,30)(H,24,25,28)/b26-20+/t15-/m1/s1. The van der Waals surface area contributed by atoms with Crippen molar-refractivity contribution in [2.24, 2.45) is 10.9 Å². The molecule has 2 heterocycles. The van der Waals surface area contributed by atoms with E-state index in [9.17, 15) is 18.4 Å². The molecule has 2 aromatic rings. The number of primary amides is 1. The van der Waals surface area contributed by atoms with E-state index >= 15 is 0 Å². The second kappa shape index (κ2) is 10.3. The highest BCUT2D eigenvalue weighted by Crippen LogP contribution is 2.46. The van der Waals surface area contributed by atoms with Crippen LogP contribution in [-0.4, -0.2) is 67.8 Å². The quantitative estimate of drug-likeness (QED) is 0.223. The monoisotopic (exact) mass is 540 g/mol. The van der Waals surface area contributed by atoms with Crippen LogP contribution in [0.5, 0.6) is 0 Å². The Morgan fingerprint density at radius 3 is 2.71 bits per heavy atom. The number of benzene rings is 1. The van der Waals surface area contributed by atoms with Crippen molar-refractivity contribution in [2.45, 2.75) is 46.1 Å². The molecule has 1 aliphatic carbocycles. The summed E-state index contributed by atoms with van der Waals surface area (Å²) in [5, 5.41) is 6.98. The van der Waals surface area contributed by atoms with Crippen molar-refractivity contribution >= 4 is 55.1 Å². The van der Waals surface area contributed by atoms with Crippen molar-refractivity contribution in [3.8, 4) is 0 Å². The normalized spacial score (nSPS) is 19.7. The number of anilines is 1. The Bertz CT molecular complexity index is 1180. The average Bonchev–Trinajstić information content (AvgIpc) is 3.40. The maximum absolute atomic E-state index is 13.2. The Kier molecular flexibility index (Phi) is 7.62. The zero-order valence-electron chi connectivity index (χ0n) is 19.2. The van der Waals surface area contributed by atoms with E-state index in [1.54, 1.807) is 30.5 Å². The van der Waals surface area contributed by atoms with Crippen LogP contribution in [0.3, 0.4) is 0 Å². The van der Waals surface area contributed by atoms with Crippen molar-refractivity contribution in [1.29, 1.82) is 0 Å². The Labute approximate surface area is 211 Å². The van der Waals surface area contributed by atoms with E-state index in [4.69, 9.17) is 15.3 Å². The molecule has 2 fully saturated rings. The number of carbonyl (C=O) groups excluding carboxylic acids is 2. The molecule has 2 aliphatic rings. The number of carbonyl (C=O) groups is 2. The largest absolute Gasteiger partial charge is 0.389 e. The van der Waals surface area contributed by atoms with Gasteiger partial charge in [-0.25, -0.2) is 9.19 Å². The maximum Gasteiger partial charge on any atom is 0.280 e. The third-order valence-corrected chi connectivity index (χ3v) is 11.3. The molecule has 2 amide bonds. The zero-order valence-corrected chi connectivity index (χ0v) is 21.6. The van der Waals surface area contributed by atoms with Gasteiger partial charge >= 0.3 is 0 Å². The van der Waals surface area contributed by atoms with Crippen molar-refractivity contribution in [3.63, 3.8) is 0 Å². The smallest absolute Gasteiger partial charge is 0.280 e. The fourth-order valence-corrected chi connectivity index (χ4v) is 7.83. The molecular formula is C22H28N4O6S3. The summed E-state index contributed by atoms with van der Waals surface area (Å²) in [5.74, 6) is -0.381. The van der Waals surface area contributed by atoms with E-state index in [0.29, 0.717) is 41.0 Å². The molecule has 0 unspecified atom stereocenters. The van der Waals surface area contributed by atoms with E-state index in [0.717, 1.165) is 17.1 Å². The predicted octanol–water partition coefficient (Wildman–Crippen LogP) is 2.70. The Morgan fingerprint density at radius 2 is 2.09 bits per heavy atom. The summed E-state index contributed by atoms with van der Waals surface area (Å²) in [6, 6.07) is 6.35. The minimum atomic E-state index is -3.93. The number of hydrogen-bond acceptors (Lipinski definition) is 9. The van der Waals surface area contributed by atoms with Gasteiger partial charge in [-0.3, -0.25) is 19.5 Å². The van der Waals surface area contributed by atoms with Gasteiger partial charge in [0, 0.05) is 35.7 Å². The van der Waals surface area contributed by atoms with Crippen molar-refractivity contribution in [1.82, 2.24) is 4.98 Å². The molecule has 190 valence electrons. The molecule has 4 rings (SSSR count). The molecule has 4 N–H and O–H groups in total. The molecule has 0 radical (unpaired) electrons. The first-order chi connectivity index (χ1) is 16.6. The van der Waals surface area contributed by atoms with Crippen LogP contribution < -0.4 is 11.1 Å². The average molecular weight is 541 g/mol. The summed E-state index contributed by atoms with van der Waals surface area (Å²) >= 11 is 2.69. The number of aromatic nitrogens is 1. The summed E-state index contributed by atoms with van der Waals surface area (Å²) in [4.78, 5) is 34.2. The van der Waals surface area contributed by atoms with Gasteiger partial charge in [0.25, 0.3) is 5.91 Å². The van der Waals surface area contributed by atoms with Gasteiger partial charge in [-0.15, -0.1) is 11.8 Å². The Hall–Kier alpha value is -2.32. The van der Waals surface area contributed by atoms with Crippen LogP contribution in [0.1, 0.15) is 31.2 Å². The van der Waals surface area contributed by atoms with Gasteiger partial charge < -0.3 is 15.3 Å². The van der Waals surface area contributed by atoms with Crippen LogP contribution >= 0.6 is 23.1 Å². The zero-order chi connectivity index (χ0) is 25.1. The molecule has 1 aliphatic heterocycles. The molecule has 1 aromatic carbocycles. The third kappa shape index (κ3) is 6.47. The first-order valence-corrected chi connectivity index (χ1v) is 15.3. The number of nitrogens with zero attached hydrogens (tertiary/aromatic N) is 2. The summed E-state index contributed by atoms with van der Waals surface area (Å²) in [7, 11) is -3.93. The lowest BCUT2D eigenvalue weighted by Crippen LogP contribution is -2.35. The molecule has 35 heavy (non-hydrogen) atoms. The maximum atomic E-state index is 13.2. The van der Waals surface area contributed by atoms with Crippen LogP contribution in [0.4, 0.5) is 5.13 Å². The molecule has 1 aromatic heterocycles. The van der Waals surface area contributed by atoms with E-state index in [-0.39, 0.29) is 29.4 Å². The van der Waals surface area contributed by atoms with Crippen LogP contribution in [0.2, 0.25) is 0 Å². The highest BCUT2D eigenvalue weighted by atomic mass is 32.3. The van der Waals surface area contributed by atoms with Crippen LogP contribution in [0, 0.1) is 0 Å². The Morgan fingerprint density at radius 1 is 1.34 bits per heavy atom. The molecule has 1 saturated carbocycles. The number of hydrogen-bond donors (Lipinski definition) is 3. The van der Waals surface area contributed by atoms with Gasteiger partial charge in [-0.1, -0.05) is 28.6 Å². The molecule has 1 atom stereocenters. The van der Waals surface area contributed by atoms with Crippen LogP contribution in [0.25, 0.3) is 0 Å². The van der Waals surface area contributed by atoms with Crippen LogP contribution in [-0.2, 0) is 28.5 Å². The van der Waals surface area contributed by atoms with Gasteiger partial charge in [-0.2, -0.15) is 9.35 Å². The second-order valence-electron chi connectivity index (χ2n) is 8.62. The first-order valence-electron chi connectivity index (χ1n) is 11.1. The molecular weight excluding hydrogens is 512 g/mol. The van der Waals surface area contributed by atoms with Crippen LogP contribution in [0.15, 0.2) is 44.7 Å². The first kappa shape index (κ1) is 25.8. The lowest BCUT2D eigenvalue weighted by atomic mass is 10.1. The van der Waals surface area contributed by atoms with Crippen molar-refractivity contribution in [3.05, 3.63) is 36.0 Å². The van der Waals surface area contributed by atoms with E-state index in [1.165, 1.54) is 29.4 Å². The number of thiazole rings is 1. The molecule has 10 nitrogen and oxygen atoms in total. The van der Waals surface area contributed by atoms with Gasteiger partial charge in [0.1, 0.15) is 0 Å². The fourth-order valence-electron chi connectivity index (χ4n) is 3.50. The molecule has 0 spiro atoms. The second-order valence-corrected chi connectivity index (χ2v) is 14.9. The third-order valence-electron chi connectivity index (χ3n) is 5.70. The van der Waals surface area contributed by atoms with E-state index in [2.05, 4.69) is 15.5 Å². The predicted molar refractivity (Wildman–Crippen MR) is 137 cm³/mol. The van der Waals surface area contributed by atoms with E-state index < -0.39 is 15.3 Å². The van der Waals surface area contributed by atoms with Crippen molar-refractivity contribution in [2.75, 3.05) is 30.5 Å². The number of nitrogens with one attached hydrogen (secondary N) is 1. The SMILES string of the molecule is CS(=O)(O)(c1ccc(/C(=N\O[C@@H]2CCOC2)C(=O)Nc2ncc(SCCC(N)=O)s2)cc1)C1CC1. The minimum absolute atomic E-state index is 0.0191. The number of rotatable bonds is 11. The highest BCUT2D eigenvalue weighted by Gasteiger charge is 2.42. The van der Waals surface area contributed by atoms with Gasteiger partial charge in [-0.05, 0) is 25.0 Å². The van der Waals surface area contributed by atoms with E-state index in [1.807, 2.05) is 0 Å². The topological polar surface area (TPSA) is 153 Å². The highest BCUT2D eigenvalue weighted by molar-refractivity contribution is 8.15. The number of amides is 2. The summed E-state index contributed by atoms with van der Waals surface area (Å²) in [6.45, 7) is 0.955. The number of thioether (sulfide) groups is 1. The number of oxime groups is 1. The summed E-state index contributed by atoms with van der Waals surface area (Å²) in [6.07, 6.45) is 5.13. The van der Waals surface area contributed by atoms with Gasteiger partial charge in [0.15, 0.2) is 16.9 Å². The molecule has 1 saturated heterocycles. The number of ether oxygens (including phenoxy) is 1. The summed E-state index contributed by atoms with van der Waals surface area (Å²) < 4.78 is 30.2. The Balaban J connectivity index is 1.51. The number of nitrogens with two attached hydrogens (primary N) is 1. The molecule has 13 heteroatoms. The van der Waals surface area contributed by atoms with Crippen molar-refractivity contribution < 1.29 is 27.9 Å². The lowest BCUT2D eigenvalue weighted by molar-refractivity contribution is -0.117. The molecule has 0 bridgehead atoms. The summed E-state index contributed by atoms with van der Waals surface area (Å²) in [5.41, 5.74) is 5.62. The lowest BCUT2D eigenvalue weighted by Gasteiger charge is -2.39.